The molecule has 5 nitrogen and oxygen atoms in total. The number of methoxy groups -OCH3 is 1. The van der Waals surface area contributed by atoms with Gasteiger partial charge in [0.1, 0.15) is 5.75 Å². The minimum atomic E-state index is 0.0131. The van der Waals surface area contributed by atoms with Gasteiger partial charge < -0.3 is 10.1 Å². The van der Waals surface area contributed by atoms with E-state index in [4.69, 9.17) is 16.3 Å². The Kier molecular flexibility index (Phi) is 5.56. The van der Waals surface area contributed by atoms with Gasteiger partial charge in [0.05, 0.1) is 25.4 Å². The van der Waals surface area contributed by atoms with E-state index in [1.807, 2.05) is 47.1 Å². The van der Waals surface area contributed by atoms with E-state index in [-0.39, 0.29) is 5.91 Å². The van der Waals surface area contributed by atoms with Gasteiger partial charge in [-0.05, 0) is 42.3 Å². The Bertz CT molecular complexity index is 876. The highest BCUT2D eigenvalue weighted by atomic mass is 35.5. The molecule has 25 heavy (non-hydrogen) atoms. The maximum atomic E-state index is 12.0. The predicted octanol–water partition coefficient (Wildman–Crippen LogP) is 3.45. The molecule has 130 valence electrons. The van der Waals surface area contributed by atoms with Crippen LogP contribution in [-0.2, 0) is 17.8 Å². The topological polar surface area (TPSA) is 56.2 Å². The smallest absolute Gasteiger partial charge is 0.221 e. The van der Waals surface area contributed by atoms with Gasteiger partial charge >= 0.3 is 0 Å². The highest BCUT2D eigenvalue weighted by molar-refractivity contribution is 6.30. The van der Waals surface area contributed by atoms with Crippen LogP contribution in [0.25, 0.3) is 10.9 Å². The van der Waals surface area contributed by atoms with Gasteiger partial charge in [-0.15, -0.1) is 0 Å². The molecule has 3 rings (SSSR count). The average molecular weight is 358 g/mol. The molecule has 0 saturated carbocycles. The standard InChI is InChI=1S/C19H20ClN3O2/c1-25-17-5-6-18-15(12-17)13-22-23(18)10-8-19(24)21-9-7-14-3-2-4-16(20)11-14/h2-6,11-13H,7-10H2,1H3,(H,21,24). The van der Waals surface area contributed by atoms with Gasteiger partial charge in [0.2, 0.25) is 5.91 Å². The average Bonchev–Trinajstić information content (AvgIpc) is 3.02. The van der Waals surface area contributed by atoms with Crippen molar-refractivity contribution in [2.45, 2.75) is 19.4 Å². The number of hydrogen-bond acceptors (Lipinski definition) is 3. The molecule has 0 aliphatic carbocycles. The number of benzene rings is 2. The molecule has 1 aromatic heterocycles. The second kappa shape index (κ2) is 8.03. The normalized spacial score (nSPS) is 10.8. The maximum Gasteiger partial charge on any atom is 0.221 e. The predicted molar refractivity (Wildman–Crippen MR) is 99.1 cm³/mol. The summed E-state index contributed by atoms with van der Waals surface area (Å²) in [4.78, 5) is 12.0. The number of carbonyl (C=O) groups is 1. The number of halogens is 1. The van der Waals surface area contributed by atoms with Crippen molar-refractivity contribution in [1.82, 2.24) is 15.1 Å². The summed E-state index contributed by atoms with van der Waals surface area (Å²) in [6.45, 7) is 1.13. The Balaban J connectivity index is 1.49. The number of rotatable bonds is 7. The lowest BCUT2D eigenvalue weighted by atomic mass is 10.1. The Morgan fingerprint density at radius 2 is 2.16 bits per heavy atom. The monoisotopic (exact) mass is 357 g/mol. The highest BCUT2D eigenvalue weighted by Gasteiger charge is 2.07. The van der Waals surface area contributed by atoms with Crippen LogP contribution in [0.15, 0.2) is 48.7 Å². The first-order valence-corrected chi connectivity index (χ1v) is 8.54. The summed E-state index contributed by atoms with van der Waals surface area (Å²) in [7, 11) is 1.64. The number of amides is 1. The third-order valence-corrected chi connectivity index (χ3v) is 4.26. The molecule has 3 aromatic rings. The molecule has 1 N–H and O–H groups in total. The van der Waals surface area contributed by atoms with E-state index in [0.717, 1.165) is 28.6 Å². The van der Waals surface area contributed by atoms with Gasteiger partial charge in [-0.2, -0.15) is 5.10 Å². The lowest BCUT2D eigenvalue weighted by Gasteiger charge is -2.07. The maximum absolute atomic E-state index is 12.0. The molecular weight excluding hydrogens is 338 g/mol. The number of aryl methyl sites for hydroxylation is 1. The van der Waals surface area contributed by atoms with Crippen LogP contribution in [0.3, 0.4) is 0 Å². The van der Waals surface area contributed by atoms with Gasteiger partial charge in [-0.1, -0.05) is 23.7 Å². The second-order valence-corrected chi connectivity index (χ2v) is 6.21. The van der Waals surface area contributed by atoms with Crippen molar-refractivity contribution in [1.29, 1.82) is 0 Å². The number of carbonyl (C=O) groups excluding carboxylic acids is 1. The molecule has 1 heterocycles. The zero-order valence-electron chi connectivity index (χ0n) is 14.0. The summed E-state index contributed by atoms with van der Waals surface area (Å²) in [5.74, 6) is 0.810. The third-order valence-electron chi connectivity index (χ3n) is 4.02. The number of nitrogens with one attached hydrogen (secondary N) is 1. The van der Waals surface area contributed by atoms with E-state index in [1.165, 1.54) is 0 Å². The largest absolute Gasteiger partial charge is 0.497 e. The first-order chi connectivity index (χ1) is 12.2. The molecule has 1 amide bonds. The van der Waals surface area contributed by atoms with Gasteiger partial charge in [0.25, 0.3) is 0 Å². The van der Waals surface area contributed by atoms with Crippen LogP contribution < -0.4 is 10.1 Å². The van der Waals surface area contributed by atoms with Crippen LogP contribution in [0.5, 0.6) is 5.75 Å². The number of hydrogen-bond donors (Lipinski definition) is 1. The zero-order chi connectivity index (χ0) is 17.6. The summed E-state index contributed by atoms with van der Waals surface area (Å²) in [6, 6.07) is 13.5. The van der Waals surface area contributed by atoms with Crippen molar-refractivity contribution in [3.63, 3.8) is 0 Å². The molecular formula is C19H20ClN3O2. The van der Waals surface area contributed by atoms with E-state index < -0.39 is 0 Å². The van der Waals surface area contributed by atoms with Crippen LogP contribution in [0.4, 0.5) is 0 Å². The van der Waals surface area contributed by atoms with Gasteiger partial charge in [-0.25, -0.2) is 0 Å². The van der Waals surface area contributed by atoms with Crippen molar-refractivity contribution < 1.29 is 9.53 Å². The summed E-state index contributed by atoms with van der Waals surface area (Å²) >= 11 is 5.95. The van der Waals surface area contributed by atoms with E-state index in [1.54, 1.807) is 13.3 Å². The van der Waals surface area contributed by atoms with Crippen LogP contribution >= 0.6 is 11.6 Å². The Hall–Kier alpha value is -2.53. The molecule has 0 saturated heterocycles. The summed E-state index contributed by atoms with van der Waals surface area (Å²) in [5, 5.41) is 9.00. The Labute approximate surface area is 151 Å². The molecule has 6 heteroatoms. The zero-order valence-corrected chi connectivity index (χ0v) is 14.8. The van der Waals surface area contributed by atoms with Crippen LogP contribution in [0.1, 0.15) is 12.0 Å². The van der Waals surface area contributed by atoms with E-state index in [2.05, 4.69) is 10.4 Å². The third kappa shape index (κ3) is 4.51. The SMILES string of the molecule is COc1ccc2c(cnn2CCC(=O)NCCc2cccc(Cl)c2)c1. The Morgan fingerprint density at radius 3 is 2.96 bits per heavy atom. The van der Waals surface area contributed by atoms with E-state index >= 15 is 0 Å². The van der Waals surface area contributed by atoms with Gasteiger partial charge in [0, 0.05) is 23.4 Å². The number of nitrogens with zero attached hydrogens (tertiary/aromatic N) is 2. The van der Waals surface area contributed by atoms with Crippen molar-refractivity contribution in [2.24, 2.45) is 0 Å². The lowest BCUT2D eigenvalue weighted by Crippen LogP contribution is -2.26. The van der Waals surface area contributed by atoms with Gasteiger partial charge in [-0.3, -0.25) is 9.48 Å². The van der Waals surface area contributed by atoms with E-state index in [0.29, 0.717) is 24.5 Å². The molecule has 0 aliphatic heterocycles. The van der Waals surface area contributed by atoms with Crippen molar-refractivity contribution >= 4 is 28.4 Å². The first kappa shape index (κ1) is 17.3. The summed E-state index contributed by atoms with van der Waals surface area (Å²) in [5.41, 5.74) is 2.10. The van der Waals surface area contributed by atoms with Crippen LogP contribution in [-0.4, -0.2) is 29.3 Å². The van der Waals surface area contributed by atoms with Crippen molar-refractivity contribution in [2.75, 3.05) is 13.7 Å². The fourth-order valence-electron chi connectivity index (χ4n) is 2.70. The van der Waals surface area contributed by atoms with Crippen LogP contribution in [0, 0.1) is 0 Å². The highest BCUT2D eigenvalue weighted by Crippen LogP contribution is 2.20. The molecule has 0 fully saturated rings. The number of ether oxygens (including phenoxy) is 1. The molecule has 0 atom stereocenters. The molecule has 0 unspecified atom stereocenters. The summed E-state index contributed by atoms with van der Waals surface area (Å²) in [6.07, 6.45) is 2.93. The second-order valence-electron chi connectivity index (χ2n) is 5.77. The Morgan fingerprint density at radius 1 is 1.28 bits per heavy atom. The minimum Gasteiger partial charge on any atom is -0.497 e. The number of fused-ring (bicyclic) bond motifs is 1. The van der Waals surface area contributed by atoms with Crippen molar-refractivity contribution in [3.05, 3.63) is 59.2 Å². The fraction of sp³-hybridized carbons (Fsp3) is 0.263. The van der Waals surface area contributed by atoms with Crippen molar-refractivity contribution in [3.8, 4) is 5.75 Å². The van der Waals surface area contributed by atoms with Gasteiger partial charge in [0.15, 0.2) is 0 Å². The quantitative estimate of drug-likeness (QED) is 0.704. The lowest BCUT2D eigenvalue weighted by molar-refractivity contribution is -0.121. The molecule has 0 bridgehead atoms. The molecule has 0 radical (unpaired) electrons. The minimum absolute atomic E-state index is 0.0131. The molecule has 0 spiro atoms. The molecule has 2 aromatic carbocycles. The van der Waals surface area contributed by atoms with Crippen LogP contribution in [0.2, 0.25) is 5.02 Å². The number of aromatic nitrogens is 2. The first-order valence-electron chi connectivity index (χ1n) is 8.16. The summed E-state index contributed by atoms with van der Waals surface area (Å²) < 4.78 is 7.05. The fourth-order valence-corrected chi connectivity index (χ4v) is 2.92. The molecule has 0 aliphatic rings. The van der Waals surface area contributed by atoms with E-state index in [9.17, 15) is 4.79 Å².